The molecule has 6 nitrogen and oxygen atoms in total. The van der Waals surface area contributed by atoms with Gasteiger partial charge in [0.1, 0.15) is 0 Å². The van der Waals surface area contributed by atoms with Crippen LogP contribution in [0, 0.1) is 0 Å². The topological polar surface area (TPSA) is 74.1 Å². The largest absolute Gasteiger partial charge is 0.448 e. The van der Waals surface area contributed by atoms with Crippen LogP contribution in [0.4, 0.5) is 0 Å². The van der Waals surface area contributed by atoms with Crippen LogP contribution in [0.2, 0.25) is 0 Å². The Morgan fingerprint density at radius 2 is 1.40 bits per heavy atom. The lowest BCUT2D eigenvalue weighted by atomic mass is 10.2. The lowest BCUT2D eigenvalue weighted by Crippen LogP contribution is -2.29. The Morgan fingerprint density at radius 3 is 2.07 bits per heavy atom. The van der Waals surface area contributed by atoms with Crippen molar-refractivity contribution in [3.05, 3.63) is 84.7 Å². The number of hydrogen-bond donors (Lipinski definition) is 0. The van der Waals surface area contributed by atoms with E-state index in [-0.39, 0.29) is 11.6 Å². The third-order valence-electron chi connectivity index (χ3n) is 5.09. The fraction of sp³-hybridized carbons (Fsp3) is 0.0833. The van der Waals surface area contributed by atoms with E-state index in [1.807, 2.05) is 66.7 Å². The van der Waals surface area contributed by atoms with Crippen molar-refractivity contribution < 1.29 is 14.3 Å². The first-order valence-corrected chi connectivity index (χ1v) is 9.58. The van der Waals surface area contributed by atoms with Crippen LogP contribution in [-0.2, 0) is 4.74 Å². The van der Waals surface area contributed by atoms with Gasteiger partial charge >= 0.3 is 5.97 Å². The maximum Gasteiger partial charge on any atom is 0.359 e. The predicted octanol–water partition coefficient (Wildman–Crippen LogP) is 4.62. The van der Waals surface area contributed by atoms with Gasteiger partial charge in [-0.3, -0.25) is 14.3 Å². The normalized spacial score (nSPS) is 12.3. The molecule has 6 heteroatoms. The molecule has 0 aliphatic heterocycles. The number of benzene rings is 3. The molecule has 0 saturated heterocycles. The molecule has 5 aromatic rings. The van der Waals surface area contributed by atoms with Crippen LogP contribution in [0.1, 0.15) is 22.2 Å². The molecule has 0 aliphatic rings. The van der Waals surface area contributed by atoms with E-state index in [0.29, 0.717) is 11.0 Å². The maximum absolute atomic E-state index is 13.3. The third kappa shape index (κ3) is 2.90. The zero-order valence-corrected chi connectivity index (χ0v) is 16.1. The number of hydrogen-bond acceptors (Lipinski definition) is 5. The van der Waals surface area contributed by atoms with Gasteiger partial charge in [-0.15, -0.1) is 0 Å². The Kier molecular flexibility index (Phi) is 4.25. The number of esters is 1. The zero-order valence-electron chi connectivity index (χ0n) is 16.1. The van der Waals surface area contributed by atoms with Gasteiger partial charge in [-0.25, -0.2) is 9.78 Å². The molecule has 0 aliphatic carbocycles. The average molecular weight is 395 g/mol. The second-order valence-corrected chi connectivity index (χ2v) is 7.00. The molecular weight excluding hydrogens is 378 g/mol. The van der Waals surface area contributed by atoms with E-state index in [0.717, 1.165) is 21.8 Å². The maximum atomic E-state index is 13.3. The molecule has 3 aromatic carbocycles. The number of carbonyl (C=O) groups is 2. The number of rotatable bonds is 3. The van der Waals surface area contributed by atoms with Gasteiger partial charge in [-0.2, -0.15) is 0 Å². The van der Waals surface area contributed by atoms with Gasteiger partial charge in [0, 0.05) is 10.8 Å². The molecule has 2 aromatic heterocycles. The van der Waals surface area contributed by atoms with Gasteiger partial charge in [-0.05, 0) is 31.2 Å². The lowest BCUT2D eigenvalue weighted by Gasteiger charge is -2.14. The van der Waals surface area contributed by atoms with Gasteiger partial charge in [0.25, 0.3) is 5.91 Å². The molecule has 146 valence electrons. The fourth-order valence-corrected chi connectivity index (χ4v) is 3.67. The molecule has 30 heavy (non-hydrogen) atoms. The van der Waals surface area contributed by atoms with Crippen molar-refractivity contribution in [2.45, 2.75) is 13.0 Å². The van der Waals surface area contributed by atoms with Gasteiger partial charge in [0.2, 0.25) is 0 Å². The highest BCUT2D eigenvalue weighted by atomic mass is 16.5. The molecule has 0 saturated carbocycles. The minimum atomic E-state index is -0.995. The van der Waals surface area contributed by atoms with E-state index >= 15 is 0 Å². The summed E-state index contributed by atoms with van der Waals surface area (Å²) in [5.74, 6) is -1.01. The van der Waals surface area contributed by atoms with Gasteiger partial charge in [0.05, 0.1) is 28.3 Å². The third-order valence-corrected chi connectivity index (χ3v) is 5.09. The number of fused-ring (bicyclic) bond motifs is 4. The van der Waals surface area contributed by atoms with Crippen molar-refractivity contribution in [3.8, 4) is 0 Å². The molecular formula is C24H17N3O3. The molecule has 0 fully saturated rings. The molecule has 2 heterocycles. The Hall–Kier alpha value is -4.06. The van der Waals surface area contributed by atoms with Crippen LogP contribution in [-0.4, -0.2) is 32.5 Å². The van der Waals surface area contributed by atoms with E-state index in [2.05, 4.69) is 9.97 Å². The van der Waals surface area contributed by atoms with E-state index in [1.54, 1.807) is 17.6 Å². The Balaban J connectivity index is 1.48. The number of para-hydroxylation sites is 4. The van der Waals surface area contributed by atoms with Crippen LogP contribution in [0.5, 0.6) is 0 Å². The summed E-state index contributed by atoms with van der Waals surface area (Å²) in [6, 6.07) is 22.6. The summed E-state index contributed by atoms with van der Waals surface area (Å²) in [7, 11) is 0. The smallest absolute Gasteiger partial charge is 0.359 e. The summed E-state index contributed by atoms with van der Waals surface area (Å²) in [5, 5.41) is 1.95. The van der Waals surface area contributed by atoms with Crippen molar-refractivity contribution in [3.63, 3.8) is 0 Å². The minimum absolute atomic E-state index is 0.0653. The fourth-order valence-electron chi connectivity index (χ4n) is 3.67. The lowest BCUT2D eigenvalue weighted by molar-refractivity contribution is 0.0283. The number of nitrogens with zero attached hydrogens (tertiary/aromatic N) is 3. The molecule has 0 spiro atoms. The van der Waals surface area contributed by atoms with E-state index < -0.39 is 12.1 Å². The highest BCUT2D eigenvalue weighted by molar-refractivity contribution is 6.14. The quantitative estimate of drug-likeness (QED) is 0.417. The van der Waals surface area contributed by atoms with E-state index in [1.165, 1.54) is 6.20 Å². The first kappa shape index (κ1) is 18.0. The number of carbonyl (C=O) groups excluding carboxylic acids is 2. The Bertz CT molecular complexity index is 1380. The molecule has 1 unspecified atom stereocenters. The SMILES string of the molecule is CC(OC(=O)c1cnc2ccccc2n1)C(=O)n1c2ccccc2c2ccccc21. The van der Waals surface area contributed by atoms with Crippen molar-refractivity contribution in [1.29, 1.82) is 0 Å². The second-order valence-electron chi connectivity index (χ2n) is 7.00. The predicted molar refractivity (Wildman–Crippen MR) is 114 cm³/mol. The zero-order chi connectivity index (χ0) is 20.7. The van der Waals surface area contributed by atoms with Crippen molar-refractivity contribution in [2.75, 3.05) is 0 Å². The summed E-state index contributed by atoms with van der Waals surface area (Å²) in [4.78, 5) is 34.4. The summed E-state index contributed by atoms with van der Waals surface area (Å²) in [5.41, 5.74) is 2.89. The van der Waals surface area contributed by atoms with Gasteiger partial charge in [0.15, 0.2) is 11.8 Å². The van der Waals surface area contributed by atoms with Crippen LogP contribution >= 0.6 is 0 Å². The molecule has 0 amide bonds. The molecule has 5 rings (SSSR count). The Labute approximate surface area is 171 Å². The average Bonchev–Trinajstić information content (AvgIpc) is 3.12. The van der Waals surface area contributed by atoms with Gasteiger partial charge in [-0.1, -0.05) is 48.5 Å². The molecule has 1 atom stereocenters. The summed E-state index contributed by atoms with van der Waals surface area (Å²) in [6.07, 6.45) is 0.368. The highest BCUT2D eigenvalue weighted by Gasteiger charge is 2.24. The van der Waals surface area contributed by atoms with Crippen molar-refractivity contribution in [2.24, 2.45) is 0 Å². The Morgan fingerprint density at radius 1 is 0.833 bits per heavy atom. The molecule has 0 radical (unpaired) electrons. The first-order chi connectivity index (χ1) is 14.6. The second kappa shape index (κ2) is 7.08. The standard InChI is InChI=1S/C24H17N3O3/c1-15(30-24(29)20-14-25-18-10-4-5-11-19(18)26-20)23(28)27-21-12-6-2-8-16(21)17-9-3-7-13-22(17)27/h2-15H,1H3. The van der Waals surface area contributed by atoms with Crippen LogP contribution in [0.25, 0.3) is 32.8 Å². The van der Waals surface area contributed by atoms with E-state index in [9.17, 15) is 9.59 Å². The van der Waals surface area contributed by atoms with Crippen molar-refractivity contribution in [1.82, 2.24) is 14.5 Å². The van der Waals surface area contributed by atoms with Gasteiger partial charge < -0.3 is 4.74 Å². The summed E-state index contributed by atoms with van der Waals surface area (Å²) >= 11 is 0. The molecule has 0 N–H and O–H groups in total. The molecule has 0 bridgehead atoms. The first-order valence-electron chi connectivity index (χ1n) is 9.58. The summed E-state index contributed by atoms with van der Waals surface area (Å²) in [6.45, 7) is 1.57. The number of ether oxygens (including phenoxy) is 1. The van der Waals surface area contributed by atoms with E-state index in [4.69, 9.17) is 4.74 Å². The van der Waals surface area contributed by atoms with Crippen LogP contribution < -0.4 is 0 Å². The van der Waals surface area contributed by atoms with Crippen LogP contribution in [0.15, 0.2) is 79.0 Å². The summed E-state index contributed by atoms with van der Waals surface area (Å²) < 4.78 is 7.06. The van der Waals surface area contributed by atoms with Crippen molar-refractivity contribution >= 4 is 44.7 Å². The van der Waals surface area contributed by atoms with Crippen LogP contribution in [0.3, 0.4) is 0 Å². The monoisotopic (exact) mass is 395 g/mol. The highest BCUT2D eigenvalue weighted by Crippen LogP contribution is 2.29. The minimum Gasteiger partial charge on any atom is -0.448 e. The number of aromatic nitrogens is 3.